The number of rotatable bonds is 7. The molecule has 2 aliphatic rings. The van der Waals surface area contributed by atoms with Crippen molar-refractivity contribution in [2.75, 3.05) is 13.1 Å². The third kappa shape index (κ3) is 5.53. The van der Waals surface area contributed by atoms with Gasteiger partial charge in [0.05, 0.1) is 22.0 Å². The molecular weight excluding hydrogens is 475 g/mol. The van der Waals surface area contributed by atoms with Crippen LogP contribution in [0.3, 0.4) is 0 Å². The largest absolute Gasteiger partial charge is 0.349 e. The summed E-state index contributed by atoms with van der Waals surface area (Å²) in [5.41, 5.74) is 3.33. The van der Waals surface area contributed by atoms with E-state index >= 15 is 0 Å². The van der Waals surface area contributed by atoms with Crippen LogP contribution < -0.4 is 10.6 Å². The zero-order valence-electron chi connectivity index (χ0n) is 19.2. The van der Waals surface area contributed by atoms with Crippen LogP contribution in [0.4, 0.5) is 0 Å². The Morgan fingerprint density at radius 1 is 1.24 bits per heavy atom. The molecule has 3 amide bonds. The third-order valence-corrected chi connectivity index (χ3v) is 6.74. The Hall–Kier alpha value is -2.64. The Morgan fingerprint density at radius 3 is 2.76 bits per heavy atom. The number of carbonyl (C=O) groups is 3. The van der Waals surface area contributed by atoms with Gasteiger partial charge in [-0.05, 0) is 41.5 Å². The van der Waals surface area contributed by atoms with Crippen LogP contribution >= 0.6 is 23.2 Å². The SMILES string of the molecule is CC(C)CN1CC(C(=O)NC2CCc3cc(CNC(=O)c4ncc(Cl)cc4Cl)ccc32)CC1=O. The molecule has 1 aliphatic heterocycles. The predicted octanol–water partition coefficient (Wildman–Crippen LogP) is 3.93. The molecular formula is C25H28Cl2N4O3. The second-order valence-electron chi connectivity index (χ2n) is 9.39. The van der Waals surface area contributed by atoms with Crippen LogP contribution in [0.25, 0.3) is 0 Å². The fraction of sp³-hybridized carbons (Fsp3) is 0.440. The molecule has 0 radical (unpaired) electrons. The lowest BCUT2D eigenvalue weighted by Gasteiger charge is -2.20. The van der Waals surface area contributed by atoms with Gasteiger partial charge < -0.3 is 15.5 Å². The lowest BCUT2D eigenvalue weighted by Crippen LogP contribution is -2.35. The molecule has 1 aliphatic carbocycles. The first-order valence-electron chi connectivity index (χ1n) is 11.5. The average molecular weight is 503 g/mol. The molecule has 1 fully saturated rings. The van der Waals surface area contributed by atoms with Crippen molar-refractivity contribution in [2.45, 2.75) is 45.7 Å². The molecule has 2 unspecified atom stereocenters. The summed E-state index contributed by atoms with van der Waals surface area (Å²) in [6.45, 7) is 5.65. The molecule has 180 valence electrons. The molecule has 2 heterocycles. The second kappa shape index (κ2) is 10.3. The summed E-state index contributed by atoms with van der Waals surface area (Å²) >= 11 is 11.9. The molecule has 2 atom stereocenters. The molecule has 2 aromatic rings. The molecule has 4 rings (SSSR count). The average Bonchev–Trinajstić information content (AvgIpc) is 3.34. The zero-order valence-corrected chi connectivity index (χ0v) is 20.7. The van der Waals surface area contributed by atoms with Crippen molar-refractivity contribution >= 4 is 40.9 Å². The van der Waals surface area contributed by atoms with Gasteiger partial charge in [0.15, 0.2) is 0 Å². The maximum atomic E-state index is 12.9. The van der Waals surface area contributed by atoms with E-state index < -0.39 is 0 Å². The van der Waals surface area contributed by atoms with Gasteiger partial charge in [-0.3, -0.25) is 14.4 Å². The number of aromatic nitrogens is 1. The molecule has 34 heavy (non-hydrogen) atoms. The van der Waals surface area contributed by atoms with Gasteiger partial charge in [-0.15, -0.1) is 0 Å². The molecule has 1 aromatic heterocycles. The Kier molecular flexibility index (Phi) is 7.43. The molecule has 0 spiro atoms. The smallest absolute Gasteiger partial charge is 0.271 e. The van der Waals surface area contributed by atoms with Crippen LogP contribution in [0.2, 0.25) is 10.0 Å². The Labute approximate surface area is 209 Å². The zero-order chi connectivity index (χ0) is 24.4. The number of hydrogen-bond acceptors (Lipinski definition) is 4. The highest BCUT2D eigenvalue weighted by Gasteiger charge is 2.36. The number of nitrogens with zero attached hydrogens (tertiary/aromatic N) is 2. The van der Waals surface area contributed by atoms with Crippen LogP contribution in [-0.2, 0) is 22.6 Å². The summed E-state index contributed by atoms with van der Waals surface area (Å²) in [6, 6.07) is 7.44. The Morgan fingerprint density at radius 2 is 2.03 bits per heavy atom. The van der Waals surface area contributed by atoms with Crippen LogP contribution in [0.15, 0.2) is 30.5 Å². The summed E-state index contributed by atoms with van der Waals surface area (Å²) < 4.78 is 0. The maximum Gasteiger partial charge on any atom is 0.271 e. The van der Waals surface area contributed by atoms with Crippen LogP contribution in [0.5, 0.6) is 0 Å². The highest BCUT2D eigenvalue weighted by Crippen LogP contribution is 2.32. The van der Waals surface area contributed by atoms with Gasteiger partial charge in [-0.25, -0.2) is 4.98 Å². The minimum Gasteiger partial charge on any atom is -0.349 e. The highest BCUT2D eigenvalue weighted by molar-refractivity contribution is 6.36. The fourth-order valence-electron chi connectivity index (χ4n) is 4.63. The number of pyridine rings is 1. The molecule has 1 aromatic carbocycles. The normalized spacial score (nSPS) is 19.4. The van der Waals surface area contributed by atoms with Gasteiger partial charge in [0.1, 0.15) is 5.69 Å². The standard InChI is InChI=1S/C25H28Cl2N4O3/c1-14(2)12-31-13-17(8-22(31)32)24(33)30-21-6-4-16-7-15(3-5-19(16)21)10-29-25(34)23-20(27)9-18(26)11-28-23/h3,5,7,9,11,14,17,21H,4,6,8,10,12-13H2,1-2H3,(H,29,34)(H,30,33). The second-order valence-corrected chi connectivity index (χ2v) is 10.2. The number of likely N-dealkylation sites (tertiary alicyclic amines) is 1. The number of fused-ring (bicyclic) bond motifs is 1. The summed E-state index contributed by atoms with van der Waals surface area (Å²) in [6.07, 6.45) is 3.33. The van der Waals surface area contributed by atoms with E-state index in [-0.39, 0.29) is 46.8 Å². The van der Waals surface area contributed by atoms with Crippen molar-refractivity contribution in [1.29, 1.82) is 0 Å². The number of carbonyl (C=O) groups excluding carboxylic acids is 3. The van der Waals surface area contributed by atoms with E-state index in [1.807, 2.05) is 12.1 Å². The van der Waals surface area contributed by atoms with Gasteiger partial charge >= 0.3 is 0 Å². The molecule has 2 N–H and O–H groups in total. The Balaban J connectivity index is 1.34. The van der Waals surface area contributed by atoms with E-state index in [0.29, 0.717) is 30.6 Å². The maximum absolute atomic E-state index is 12.9. The number of halogens is 2. The van der Waals surface area contributed by atoms with Gasteiger partial charge in [0, 0.05) is 32.3 Å². The number of hydrogen-bond donors (Lipinski definition) is 2. The van der Waals surface area contributed by atoms with E-state index in [1.165, 1.54) is 12.3 Å². The summed E-state index contributed by atoms with van der Waals surface area (Å²) in [7, 11) is 0. The number of benzene rings is 1. The first kappa shape index (κ1) is 24.5. The van der Waals surface area contributed by atoms with Gasteiger partial charge in [0.2, 0.25) is 11.8 Å². The van der Waals surface area contributed by atoms with E-state index in [2.05, 4.69) is 35.5 Å². The monoisotopic (exact) mass is 502 g/mol. The number of aryl methyl sites for hydroxylation is 1. The van der Waals surface area contributed by atoms with Gasteiger partial charge in [-0.1, -0.05) is 55.2 Å². The van der Waals surface area contributed by atoms with E-state index in [9.17, 15) is 14.4 Å². The topological polar surface area (TPSA) is 91.4 Å². The summed E-state index contributed by atoms with van der Waals surface area (Å²) in [5, 5.41) is 6.56. The number of nitrogens with one attached hydrogen (secondary N) is 2. The molecule has 0 bridgehead atoms. The summed E-state index contributed by atoms with van der Waals surface area (Å²) in [5.74, 6) is -0.280. The molecule has 9 heteroatoms. The lowest BCUT2D eigenvalue weighted by molar-refractivity contribution is -0.129. The van der Waals surface area contributed by atoms with E-state index in [0.717, 1.165) is 29.5 Å². The van der Waals surface area contributed by atoms with E-state index in [4.69, 9.17) is 23.2 Å². The van der Waals surface area contributed by atoms with E-state index in [1.54, 1.807) is 4.90 Å². The van der Waals surface area contributed by atoms with Crippen molar-refractivity contribution in [3.63, 3.8) is 0 Å². The van der Waals surface area contributed by atoms with Gasteiger partial charge in [0.25, 0.3) is 5.91 Å². The predicted molar refractivity (Wildman–Crippen MR) is 131 cm³/mol. The Bertz CT molecular complexity index is 1120. The quantitative estimate of drug-likeness (QED) is 0.599. The van der Waals surface area contributed by atoms with Crippen molar-refractivity contribution in [2.24, 2.45) is 11.8 Å². The van der Waals surface area contributed by atoms with Crippen molar-refractivity contribution < 1.29 is 14.4 Å². The van der Waals surface area contributed by atoms with Crippen LogP contribution in [0.1, 0.15) is 59.9 Å². The number of amides is 3. The fourth-order valence-corrected chi connectivity index (χ4v) is 5.10. The first-order chi connectivity index (χ1) is 16.2. The molecule has 0 saturated carbocycles. The van der Waals surface area contributed by atoms with Crippen molar-refractivity contribution in [1.82, 2.24) is 20.5 Å². The first-order valence-corrected chi connectivity index (χ1v) is 12.3. The van der Waals surface area contributed by atoms with Gasteiger partial charge in [-0.2, -0.15) is 0 Å². The molecule has 1 saturated heterocycles. The van der Waals surface area contributed by atoms with Crippen molar-refractivity contribution in [3.05, 3.63) is 62.9 Å². The summed E-state index contributed by atoms with van der Waals surface area (Å²) in [4.78, 5) is 43.3. The van der Waals surface area contributed by atoms with Crippen LogP contribution in [-0.4, -0.2) is 40.7 Å². The molecule has 7 nitrogen and oxygen atoms in total. The third-order valence-electron chi connectivity index (χ3n) is 6.25. The van der Waals surface area contributed by atoms with Crippen LogP contribution in [0, 0.1) is 11.8 Å². The minimum atomic E-state index is -0.370. The highest BCUT2D eigenvalue weighted by atomic mass is 35.5. The van der Waals surface area contributed by atoms with Crippen molar-refractivity contribution in [3.8, 4) is 0 Å². The minimum absolute atomic E-state index is 0.0545. The lowest BCUT2D eigenvalue weighted by atomic mass is 10.0.